The third-order valence-electron chi connectivity index (χ3n) is 2.40. The normalized spacial score (nSPS) is 11.5. The van der Waals surface area contributed by atoms with E-state index in [1.807, 2.05) is 20.8 Å². The van der Waals surface area contributed by atoms with Crippen LogP contribution in [0.2, 0.25) is 6.04 Å². The molecule has 5 nitrogen and oxygen atoms in total. The van der Waals surface area contributed by atoms with Gasteiger partial charge in [0.2, 0.25) is 5.91 Å². The lowest BCUT2D eigenvalue weighted by molar-refractivity contribution is -0.114. The van der Waals surface area contributed by atoms with Gasteiger partial charge in [-0.3, -0.25) is 4.79 Å². The van der Waals surface area contributed by atoms with Crippen molar-refractivity contribution in [3.8, 4) is 0 Å². The molecule has 0 aliphatic carbocycles. The fraction of sp³-hybridized carbons (Fsp3) is 0.750. The van der Waals surface area contributed by atoms with Crippen LogP contribution in [0.4, 0.5) is 0 Å². The summed E-state index contributed by atoms with van der Waals surface area (Å²) in [4.78, 5) is 10.9. The van der Waals surface area contributed by atoms with E-state index < -0.39 is 14.7 Å². The van der Waals surface area contributed by atoms with E-state index >= 15 is 0 Å². The molecule has 0 aromatic heterocycles. The van der Waals surface area contributed by atoms with E-state index in [-0.39, 0.29) is 0 Å². The topological polar surface area (TPSA) is 70.8 Å². The quantitative estimate of drug-likeness (QED) is 0.461. The van der Waals surface area contributed by atoms with Crippen molar-refractivity contribution in [2.75, 3.05) is 19.8 Å². The van der Waals surface area contributed by atoms with Gasteiger partial charge in [0.25, 0.3) is 0 Å². The smallest absolute Gasteiger partial charge is 0.374 e. The first-order valence-corrected chi connectivity index (χ1v) is 8.34. The number of carbonyl (C=O) groups excluding carboxylic acids is 1. The third-order valence-corrected chi connectivity index (χ3v) is 5.55. The standard InChI is InChI=1S/C12H25NO4Si/c1-5-15-18(16-6-2,17-7-3)10-8-9-11(4)12(13)14/h4-10H2,1-3H3,(H2,13,14). The van der Waals surface area contributed by atoms with Crippen LogP contribution in [0.15, 0.2) is 12.2 Å². The molecule has 0 aromatic carbocycles. The summed E-state index contributed by atoms with van der Waals surface area (Å²) in [7, 11) is -2.59. The van der Waals surface area contributed by atoms with Gasteiger partial charge in [-0.2, -0.15) is 0 Å². The van der Waals surface area contributed by atoms with Gasteiger partial charge in [0.05, 0.1) is 0 Å². The minimum Gasteiger partial charge on any atom is -0.374 e. The second kappa shape index (κ2) is 9.27. The minimum atomic E-state index is -2.59. The molecule has 0 unspecified atom stereocenters. The van der Waals surface area contributed by atoms with Crippen LogP contribution >= 0.6 is 0 Å². The lowest BCUT2D eigenvalue weighted by Gasteiger charge is -2.28. The van der Waals surface area contributed by atoms with Crippen LogP contribution in [0, 0.1) is 0 Å². The maximum Gasteiger partial charge on any atom is 0.500 e. The highest BCUT2D eigenvalue weighted by atomic mass is 28.4. The fourth-order valence-electron chi connectivity index (χ4n) is 1.64. The zero-order valence-electron chi connectivity index (χ0n) is 11.7. The first kappa shape index (κ1) is 17.3. The maximum atomic E-state index is 10.9. The van der Waals surface area contributed by atoms with Gasteiger partial charge in [-0.05, 0) is 33.6 Å². The van der Waals surface area contributed by atoms with E-state index in [1.54, 1.807) is 0 Å². The van der Waals surface area contributed by atoms with Crippen LogP contribution in [0.25, 0.3) is 0 Å². The first-order chi connectivity index (χ1) is 8.51. The SMILES string of the molecule is C=C(CCC[Si](OCC)(OCC)OCC)C(N)=O. The van der Waals surface area contributed by atoms with E-state index in [1.165, 1.54) is 0 Å². The molecule has 0 bridgehead atoms. The van der Waals surface area contributed by atoms with Crippen molar-refractivity contribution in [3.05, 3.63) is 12.2 Å². The van der Waals surface area contributed by atoms with Gasteiger partial charge >= 0.3 is 8.80 Å². The van der Waals surface area contributed by atoms with Crippen LogP contribution in [-0.2, 0) is 18.1 Å². The number of amides is 1. The summed E-state index contributed by atoms with van der Waals surface area (Å²) in [6.07, 6.45) is 1.28. The van der Waals surface area contributed by atoms with Crippen molar-refractivity contribution in [2.24, 2.45) is 5.73 Å². The van der Waals surface area contributed by atoms with Crippen molar-refractivity contribution < 1.29 is 18.1 Å². The van der Waals surface area contributed by atoms with Gasteiger partial charge in [0.1, 0.15) is 0 Å². The van der Waals surface area contributed by atoms with Crippen LogP contribution < -0.4 is 5.73 Å². The van der Waals surface area contributed by atoms with Crippen LogP contribution in [0.5, 0.6) is 0 Å². The Hall–Kier alpha value is -0.693. The van der Waals surface area contributed by atoms with Gasteiger partial charge in [-0.1, -0.05) is 6.58 Å². The summed E-state index contributed by atoms with van der Waals surface area (Å²) in [5, 5.41) is 0. The Bertz CT molecular complexity index is 254. The number of carbonyl (C=O) groups is 1. The summed E-state index contributed by atoms with van der Waals surface area (Å²) < 4.78 is 17.1. The predicted molar refractivity (Wildman–Crippen MR) is 73.0 cm³/mol. The van der Waals surface area contributed by atoms with Crippen molar-refractivity contribution >= 4 is 14.7 Å². The minimum absolute atomic E-state index is 0.433. The summed E-state index contributed by atoms with van der Waals surface area (Å²) >= 11 is 0. The van der Waals surface area contributed by atoms with Gasteiger partial charge in [-0.25, -0.2) is 0 Å². The van der Waals surface area contributed by atoms with E-state index in [2.05, 4.69) is 6.58 Å². The van der Waals surface area contributed by atoms with E-state index in [9.17, 15) is 4.79 Å². The average molecular weight is 275 g/mol. The molecule has 0 spiro atoms. The van der Waals surface area contributed by atoms with E-state index in [4.69, 9.17) is 19.0 Å². The number of hydrogen-bond acceptors (Lipinski definition) is 4. The molecule has 0 fully saturated rings. The third kappa shape index (κ3) is 6.30. The molecule has 0 heterocycles. The lowest BCUT2D eigenvalue weighted by Crippen LogP contribution is -2.45. The molecule has 0 aromatic rings. The molecule has 0 rings (SSSR count). The second-order valence-electron chi connectivity index (χ2n) is 3.80. The lowest BCUT2D eigenvalue weighted by atomic mass is 10.2. The highest BCUT2D eigenvalue weighted by molar-refractivity contribution is 6.60. The summed E-state index contributed by atoms with van der Waals surface area (Å²) in [6.45, 7) is 11.1. The Labute approximate surface area is 111 Å². The van der Waals surface area contributed by atoms with E-state index in [0.717, 1.165) is 6.42 Å². The molecular formula is C12H25NO4Si. The Balaban J connectivity index is 4.37. The molecule has 0 saturated heterocycles. The Kier molecular flexibility index (Phi) is 8.91. The monoisotopic (exact) mass is 275 g/mol. The highest BCUT2D eigenvalue weighted by Gasteiger charge is 2.39. The molecule has 0 saturated carbocycles. The Morgan fingerprint density at radius 3 is 1.89 bits per heavy atom. The molecule has 2 N–H and O–H groups in total. The molecule has 0 radical (unpaired) electrons. The van der Waals surface area contributed by atoms with Crippen LogP contribution in [0.1, 0.15) is 33.6 Å². The second-order valence-corrected chi connectivity index (χ2v) is 6.54. The fourth-order valence-corrected chi connectivity index (χ4v) is 4.26. The van der Waals surface area contributed by atoms with Gasteiger partial charge in [0.15, 0.2) is 0 Å². The summed E-state index contributed by atoms with van der Waals surface area (Å²) in [6, 6.07) is 0.675. The molecule has 106 valence electrons. The largest absolute Gasteiger partial charge is 0.500 e. The molecule has 6 heteroatoms. The molecule has 18 heavy (non-hydrogen) atoms. The highest BCUT2D eigenvalue weighted by Crippen LogP contribution is 2.20. The molecule has 0 atom stereocenters. The van der Waals surface area contributed by atoms with Crippen molar-refractivity contribution in [1.29, 1.82) is 0 Å². The van der Waals surface area contributed by atoms with Crippen LogP contribution in [-0.4, -0.2) is 34.5 Å². The van der Waals surface area contributed by atoms with Crippen LogP contribution in [0.3, 0.4) is 0 Å². The number of hydrogen-bond donors (Lipinski definition) is 1. The van der Waals surface area contributed by atoms with Crippen molar-refractivity contribution in [1.82, 2.24) is 0 Å². The van der Waals surface area contributed by atoms with Gasteiger partial charge < -0.3 is 19.0 Å². The van der Waals surface area contributed by atoms with Gasteiger partial charge in [0, 0.05) is 31.4 Å². The number of rotatable bonds is 11. The van der Waals surface area contributed by atoms with Crippen molar-refractivity contribution in [2.45, 2.75) is 39.7 Å². The zero-order chi connectivity index (χ0) is 14.0. The van der Waals surface area contributed by atoms with Crippen molar-refractivity contribution in [3.63, 3.8) is 0 Å². The number of nitrogens with two attached hydrogens (primary N) is 1. The molecular weight excluding hydrogens is 250 g/mol. The number of primary amides is 1. The molecule has 1 amide bonds. The van der Waals surface area contributed by atoms with E-state index in [0.29, 0.717) is 37.9 Å². The zero-order valence-corrected chi connectivity index (χ0v) is 12.7. The molecule has 0 aliphatic rings. The Morgan fingerprint density at radius 1 is 1.11 bits per heavy atom. The molecule has 0 aliphatic heterocycles. The summed E-state index contributed by atoms with van der Waals surface area (Å²) in [5.74, 6) is -0.452. The predicted octanol–water partition coefficient (Wildman–Crippen LogP) is 1.86. The van der Waals surface area contributed by atoms with Gasteiger partial charge in [-0.15, -0.1) is 0 Å². The summed E-state index contributed by atoms with van der Waals surface area (Å²) in [5.41, 5.74) is 5.57. The maximum absolute atomic E-state index is 10.9. The first-order valence-electron chi connectivity index (χ1n) is 6.40. The average Bonchev–Trinajstić information content (AvgIpc) is 2.29. The Morgan fingerprint density at radius 2 is 1.56 bits per heavy atom.